The SMILES string of the molecule is OC(CCl)C(O)c1cc(Cl)cc(F)c1Cl. The zero-order valence-electron chi connectivity index (χ0n) is 7.42. The normalized spacial score (nSPS) is 15.1. The number of hydrogen-bond donors (Lipinski definition) is 2. The molecule has 2 unspecified atom stereocenters. The Hall–Kier alpha value is -0.0600. The van der Waals surface area contributed by atoms with Crippen molar-refractivity contribution >= 4 is 34.8 Å². The highest BCUT2D eigenvalue weighted by molar-refractivity contribution is 6.33. The summed E-state index contributed by atoms with van der Waals surface area (Å²) in [6.45, 7) is 0. The maximum Gasteiger partial charge on any atom is 0.143 e. The predicted octanol–water partition coefficient (Wildman–Crippen LogP) is 2.77. The molecule has 2 N–H and O–H groups in total. The average molecular weight is 274 g/mol. The number of halogens is 4. The molecular formula is C9H8Cl3FO2. The molecule has 1 rings (SSSR count). The molecule has 84 valence electrons. The minimum atomic E-state index is -1.36. The minimum absolute atomic E-state index is 0.0230. The van der Waals surface area contributed by atoms with Gasteiger partial charge >= 0.3 is 0 Å². The first-order valence-electron chi connectivity index (χ1n) is 4.04. The van der Waals surface area contributed by atoms with E-state index < -0.39 is 18.0 Å². The lowest BCUT2D eigenvalue weighted by molar-refractivity contribution is 0.0326. The summed E-state index contributed by atoms with van der Waals surface area (Å²) in [5.41, 5.74) is 0.0230. The second-order valence-corrected chi connectivity index (χ2v) is 4.08. The van der Waals surface area contributed by atoms with E-state index >= 15 is 0 Å². The lowest BCUT2D eigenvalue weighted by atomic mass is 10.1. The van der Waals surface area contributed by atoms with Gasteiger partial charge in [0.05, 0.1) is 17.0 Å². The number of hydrogen-bond acceptors (Lipinski definition) is 2. The first kappa shape index (κ1) is 13.0. The number of aliphatic hydroxyl groups is 2. The maximum atomic E-state index is 13.1. The van der Waals surface area contributed by atoms with E-state index in [1.165, 1.54) is 6.07 Å². The van der Waals surface area contributed by atoms with Gasteiger partial charge in [-0.3, -0.25) is 0 Å². The van der Waals surface area contributed by atoms with Gasteiger partial charge in [-0.1, -0.05) is 23.2 Å². The molecule has 0 fully saturated rings. The van der Waals surface area contributed by atoms with Crippen molar-refractivity contribution in [2.75, 3.05) is 5.88 Å². The van der Waals surface area contributed by atoms with E-state index in [9.17, 15) is 14.6 Å². The smallest absolute Gasteiger partial charge is 0.143 e. The van der Waals surface area contributed by atoms with Crippen LogP contribution in [0.5, 0.6) is 0 Å². The third-order valence-corrected chi connectivity index (χ3v) is 2.80. The van der Waals surface area contributed by atoms with Gasteiger partial charge in [0.1, 0.15) is 11.9 Å². The maximum absolute atomic E-state index is 13.1. The van der Waals surface area contributed by atoms with E-state index in [4.69, 9.17) is 34.8 Å². The summed E-state index contributed by atoms with van der Waals surface area (Å²) in [6.07, 6.45) is -2.58. The van der Waals surface area contributed by atoms with Crippen molar-refractivity contribution in [2.45, 2.75) is 12.2 Å². The van der Waals surface area contributed by atoms with Crippen molar-refractivity contribution in [1.29, 1.82) is 0 Å². The highest BCUT2D eigenvalue weighted by Crippen LogP contribution is 2.31. The van der Waals surface area contributed by atoms with Crippen molar-refractivity contribution in [3.8, 4) is 0 Å². The molecule has 0 aromatic heterocycles. The van der Waals surface area contributed by atoms with Crippen LogP contribution in [-0.4, -0.2) is 22.2 Å². The molecule has 15 heavy (non-hydrogen) atoms. The summed E-state index contributed by atoms with van der Waals surface area (Å²) in [5.74, 6) is -0.939. The number of benzene rings is 1. The first-order chi connectivity index (χ1) is 6.97. The van der Waals surface area contributed by atoms with Crippen LogP contribution in [0.3, 0.4) is 0 Å². The predicted molar refractivity (Wildman–Crippen MR) is 58.1 cm³/mol. The van der Waals surface area contributed by atoms with E-state index in [1.807, 2.05) is 0 Å². The Balaban J connectivity index is 3.13. The van der Waals surface area contributed by atoms with Gasteiger partial charge in [0.15, 0.2) is 0 Å². The van der Waals surface area contributed by atoms with Gasteiger partial charge in [-0.05, 0) is 12.1 Å². The zero-order valence-corrected chi connectivity index (χ0v) is 9.69. The molecule has 1 aromatic rings. The highest BCUT2D eigenvalue weighted by atomic mass is 35.5. The summed E-state index contributed by atoms with van der Waals surface area (Å²) in [5, 5.41) is 18.7. The van der Waals surface area contributed by atoms with E-state index in [2.05, 4.69) is 0 Å². The standard InChI is InChI=1S/C9H8Cl3FO2/c10-3-7(14)9(15)5-1-4(11)2-6(13)8(5)12/h1-2,7,9,14-15H,3H2. The van der Waals surface area contributed by atoms with Crippen LogP contribution in [0, 0.1) is 5.82 Å². The molecule has 2 nitrogen and oxygen atoms in total. The zero-order chi connectivity index (χ0) is 11.6. The molecule has 0 aliphatic heterocycles. The van der Waals surface area contributed by atoms with E-state index in [1.54, 1.807) is 0 Å². The Morgan fingerprint density at radius 1 is 1.27 bits per heavy atom. The molecule has 0 saturated carbocycles. The monoisotopic (exact) mass is 272 g/mol. The van der Waals surface area contributed by atoms with Crippen LogP contribution in [0.1, 0.15) is 11.7 Å². The van der Waals surface area contributed by atoms with Crippen molar-refractivity contribution in [3.63, 3.8) is 0 Å². The quantitative estimate of drug-likeness (QED) is 0.657. The molecule has 0 aliphatic rings. The molecule has 6 heteroatoms. The molecule has 1 aromatic carbocycles. The summed E-state index contributed by atoms with van der Waals surface area (Å²) in [4.78, 5) is 0. The second kappa shape index (κ2) is 5.32. The van der Waals surface area contributed by atoms with Crippen LogP contribution in [0.2, 0.25) is 10.0 Å². The van der Waals surface area contributed by atoms with Crippen LogP contribution >= 0.6 is 34.8 Å². The Morgan fingerprint density at radius 3 is 2.40 bits per heavy atom. The Labute approximate surface area is 101 Å². The molecule has 0 amide bonds. The highest BCUT2D eigenvalue weighted by Gasteiger charge is 2.22. The largest absolute Gasteiger partial charge is 0.389 e. The third-order valence-electron chi connectivity index (χ3n) is 1.86. The van der Waals surface area contributed by atoms with Gasteiger partial charge in [-0.15, -0.1) is 11.6 Å². The molecular weight excluding hydrogens is 265 g/mol. The minimum Gasteiger partial charge on any atom is -0.389 e. The molecule has 0 bridgehead atoms. The van der Waals surface area contributed by atoms with Crippen LogP contribution in [0.25, 0.3) is 0 Å². The summed E-state index contributed by atoms with van der Waals surface area (Å²) < 4.78 is 13.1. The fourth-order valence-corrected chi connectivity index (χ4v) is 1.69. The van der Waals surface area contributed by atoms with Crippen LogP contribution in [0.4, 0.5) is 4.39 Å². The molecule has 0 saturated heterocycles. The van der Waals surface area contributed by atoms with Gasteiger partial charge in [0.25, 0.3) is 0 Å². The first-order valence-corrected chi connectivity index (χ1v) is 5.33. The van der Waals surface area contributed by atoms with Crippen molar-refractivity contribution in [2.24, 2.45) is 0 Å². The van der Waals surface area contributed by atoms with Gasteiger partial charge in [-0.25, -0.2) is 4.39 Å². The third kappa shape index (κ3) is 2.95. The van der Waals surface area contributed by atoms with Crippen LogP contribution < -0.4 is 0 Å². The van der Waals surface area contributed by atoms with Crippen molar-refractivity contribution in [1.82, 2.24) is 0 Å². The van der Waals surface area contributed by atoms with Crippen molar-refractivity contribution < 1.29 is 14.6 Å². The van der Waals surface area contributed by atoms with Gasteiger partial charge in [0, 0.05) is 10.6 Å². The average Bonchev–Trinajstić information content (AvgIpc) is 2.21. The lowest BCUT2D eigenvalue weighted by Gasteiger charge is -2.17. The fourth-order valence-electron chi connectivity index (χ4n) is 1.08. The molecule has 0 heterocycles. The topological polar surface area (TPSA) is 40.5 Å². The van der Waals surface area contributed by atoms with Gasteiger partial charge in [-0.2, -0.15) is 0 Å². The van der Waals surface area contributed by atoms with Gasteiger partial charge in [0.2, 0.25) is 0 Å². The molecule has 2 atom stereocenters. The van der Waals surface area contributed by atoms with E-state index in [0.717, 1.165) is 6.07 Å². The fraction of sp³-hybridized carbons (Fsp3) is 0.333. The second-order valence-electron chi connectivity index (χ2n) is 2.96. The summed E-state index contributed by atoms with van der Waals surface area (Å²) in [7, 11) is 0. The van der Waals surface area contributed by atoms with Crippen molar-refractivity contribution in [3.05, 3.63) is 33.6 Å². The Morgan fingerprint density at radius 2 is 1.87 bits per heavy atom. The summed E-state index contributed by atoms with van der Waals surface area (Å²) in [6, 6.07) is 2.31. The molecule has 0 aliphatic carbocycles. The van der Waals surface area contributed by atoms with Crippen LogP contribution in [0.15, 0.2) is 12.1 Å². The molecule has 0 spiro atoms. The van der Waals surface area contributed by atoms with E-state index in [-0.39, 0.29) is 21.5 Å². The number of aliphatic hydroxyl groups excluding tert-OH is 2. The Bertz CT molecular complexity index is 359. The number of alkyl halides is 1. The van der Waals surface area contributed by atoms with Gasteiger partial charge < -0.3 is 10.2 Å². The molecule has 0 radical (unpaired) electrons. The lowest BCUT2D eigenvalue weighted by Crippen LogP contribution is -2.20. The summed E-state index contributed by atoms with van der Waals surface area (Å²) >= 11 is 16.6. The van der Waals surface area contributed by atoms with Crippen LogP contribution in [-0.2, 0) is 0 Å². The Kier molecular flexibility index (Phi) is 4.62. The van der Waals surface area contributed by atoms with E-state index in [0.29, 0.717) is 0 Å². The number of rotatable bonds is 3.